The van der Waals surface area contributed by atoms with Crippen LogP contribution in [-0.2, 0) is 0 Å². The zero-order valence-corrected chi connectivity index (χ0v) is 13.0. The molecule has 0 aliphatic rings. The molecule has 0 aliphatic heterocycles. The molecule has 2 aromatic carbocycles. The van der Waals surface area contributed by atoms with Crippen LogP contribution < -0.4 is 10.1 Å². The van der Waals surface area contributed by atoms with Gasteiger partial charge >= 0.3 is 0 Å². The molecular weight excluding hydrogens is 317 g/mol. The summed E-state index contributed by atoms with van der Waals surface area (Å²) in [7, 11) is 1.60. The van der Waals surface area contributed by atoms with E-state index in [-0.39, 0.29) is 11.0 Å². The van der Waals surface area contributed by atoms with E-state index in [1.54, 1.807) is 25.3 Å². The fourth-order valence-corrected chi connectivity index (χ4v) is 2.27. The van der Waals surface area contributed by atoms with E-state index in [1.807, 2.05) is 24.3 Å². The van der Waals surface area contributed by atoms with E-state index in [0.717, 1.165) is 11.4 Å². The summed E-state index contributed by atoms with van der Waals surface area (Å²) in [5.41, 5.74) is 1.35. The molecule has 0 aliphatic carbocycles. The van der Waals surface area contributed by atoms with Gasteiger partial charge < -0.3 is 10.1 Å². The van der Waals surface area contributed by atoms with Crippen LogP contribution in [0.2, 0.25) is 5.15 Å². The number of methoxy groups -OCH3 is 1. The molecule has 0 bridgehead atoms. The average Bonchev–Trinajstić information content (AvgIpc) is 2.54. The van der Waals surface area contributed by atoms with Crippen molar-refractivity contribution in [3.8, 4) is 17.1 Å². The molecule has 1 aromatic heterocycles. The molecule has 116 valence electrons. The maximum Gasteiger partial charge on any atom is 0.163 e. The zero-order chi connectivity index (χ0) is 16.2. The number of nitrogens with one attached hydrogen (secondary N) is 1. The first-order valence-corrected chi connectivity index (χ1v) is 7.23. The van der Waals surface area contributed by atoms with Crippen molar-refractivity contribution in [2.45, 2.75) is 0 Å². The summed E-state index contributed by atoms with van der Waals surface area (Å²) in [6.45, 7) is 0. The van der Waals surface area contributed by atoms with E-state index in [9.17, 15) is 4.39 Å². The minimum Gasteiger partial charge on any atom is -0.497 e. The monoisotopic (exact) mass is 329 g/mol. The number of benzene rings is 2. The number of nitrogens with zero attached hydrogens (tertiary/aromatic N) is 2. The summed E-state index contributed by atoms with van der Waals surface area (Å²) >= 11 is 6.05. The Kier molecular flexibility index (Phi) is 4.39. The van der Waals surface area contributed by atoms with Gasteiger partial charge in [-0.15, -0.1) is 0 Å². The highest BCUT2D eigenvalue weighted by molar-refractivity contribution is 6.29. The molecule has 3 rings (SSSR count). The van der Waals surface area contributed by atoms with Crippen molar-refractivity contribution in [1.29, 1.82) is 0 Å². The Morgan fingerprint density at radius 1 is 1.04 bits per heavy atom. The van der Waals surface area contributed by atoms with Crippen molar-refractivity contribution >= 4 is 23.1 Å². The molecule has 0 amide bonds. The molecule has 4 nitrogen and oxygen atoms in total. The molecule has 0 unspecified atom stereocenters. The molecule has 0 radical (unpaired) electrons. The van der Waals surface area contributed by atoms with Crippen molar-refractivity contribution in [3.63, 3.8) is 0 Å². The summed E-state index contributed by atoms with van der Waals surface area (Å²) in [4.78, 5) is 8.53. The SMILES string of the molecule is COc1cccc(Nc2cc(Cl)nc(-c3cccc(F)c3)n2)c1. The first-order valence-electron chi connectivity index (χ1n) is 6.85. The van der Waals surface area contributed by atoms with Gasteiger partial charge in [-0.25, -0.2) is 14.4 Å². The fraction of sp³-hybridized carbons (Fsp3) is 0.0588. The van der Waals surface area contributed by atoms with E-state index >= 15 is 0 Å². The Morgan fingerprint density at radius 2 is 1.87 bits per heavy atom. The van der Waals surface area contributed by atoms with Gasteiger partial charge in [-0.1, -0.05) is 29.8 Å². The number of ether oxygens (including phenoxy) is 1. The maximum atomic E-state index is 13.4. The van der Waals surface area contributed by atoms with Crippen LogP contribution in [0.4, 0.5) is 15.9 Å². The van der Waals surface area contributed by atoms with Crippen molar-refractivity contribution in [2.75, 3.05) is 12.4 Å². The molecule has 0 saturated heterocycles. The second kappa shape index (κ2) is 6.62. The quantitative estimate of drug-likeness (QED) is 0.705. The molecule has 0 fully saturated rings. The van der Waals surface area contributed by atoms with Gasteiger partial charge in [-0.05, 0) is 24.3 Å². The molecule has 1 N–H and O–H groups in total. The highest BCUT2D eigenvalue weighted by Gasteiger charge is 2.07. The zero-order valence-electron chi connectivity index (χ0n) is 12.3. The molecule has 3 aromatic rings. The predicted octanol–water partition coefficient (Wildman–Crippen LogP) is 4.69. The highest BCUT2D eigenvalue weighted by Crippen LogP contribution is 2.24. The van der Waals surface area contributed by atoms with Crippen molar-refractivity contribution in [1.82, 2.24) is 9.97 Å². The predicted molar refractivity (Wildman–Crippen MR) is 88.7 cm³/mol. The first kappa shape index (κ1) is 15.2. The number of rotatable bonds is 4. The van der Waals surface area contributed by atoms with Crippen LogP contribution in [0.1, 0.15) is 0 Å². The molecule has 0 atom stereocenters. The van der Waals surface area contributed by atoms with E-state index in [1.165, 1.54) is 12.1 Å². The number of aromatic nitrogens is 2. The van der Waals surface area contributed by atoms with Gasteiger partial charge in [0.2, 0.25) is 0 Å². The van der Waals surface area contributed by atoms with Gasteiger partial charge in [0.25, 0.3) is 0 Å². The second-order valence-corrected chi connectivity index (χ2v) is 5.15. The molecule has 0 spiro atoms. The Balaban J connectivity index is 1.94. The van der Waals surface area contributed by atoms with Gasteiger partial charge in [0.1, 0.15) is 22.5 Å². The first-order chi connectivity index (χ1) is 11.1. The van der Waals surface area contributed by atoms with Gasteiger partial charge in [0.15, 0.2) is 5.82 Å². The Labute approximate surface area is 137 Å². The van der Waals surface area contributed by atoms with Crippen LogP contribution in [0.5, 0.6) is 5.75 Å². The smallest absolute Gasteiger partial charge is 0.163 e. The van der Waals surface area contributed by atoms with E-state index in [2.05, 4.69) is 15.3 Å². The minimum atomic E-state index is -0.353. The third kappa shape index (κ3) is 3.76. The molecular formula is C17H13ClFN3O. The van der Waals surface area contributed by atoms with Gasteiger partial charge in [0, 0.05) is 23.4 Å². The number of halogens is 2. The van der Waals surface area contributed by atoms with Crippen LogP contribution in [-0.4, -0.2) is 17.1 Å². The second-order valence-electron chi connectivity index (χ2n) is 4.77. The summed E-state index contributed by atoms with van der Waals surface area (Å²) in [6.07, 6.45) is 0. The number of anilines is 2. The topological polar surface area (TPSA) is 47.0 Å². The average molecular weight is 330 g/mol. The highest BCUT2D eigenvalue weighted by atomic mass is 35.5. The fourth-order valence-electron chi connectivity index (χ4n) is 2.09. The third-order valence-electron chi connectivity index (χ3n) is 3.12. The number of hydrogen-bond acceptors (Lipinski definition) is 4. The molecule has 23 heavy (non-hydrogen) atoms. The van der Waals surface area contributed by atoms with Crippen LogP contribution in [0, 0.1) is 5.82 Å². The van der Waals surface area contributed by atoms with Gasteiger partial charge in [-0.2, -0.15) is 0 Å². The lowest BCUT2D eigenvalue weighted by Crippen LogP contribution is -1.98. The summed E-state index contributed by atoms with van der Waals surface area (Å²) in [6, 6.07) is 15.1. The van der Waals surface area contributed by atoms with Crippen molar-refractivity contribution in [2.24, 2.45) is 0 Å². The van der Waals surface area contributed by atoms with Crippen LogP contribution in [0.3, 0.4) is 0 Å². The molecule has 6 heteroatoms. The van der Waals surface area contributed by atoms with Gasteiger partial charge in [-0.3, -0.25) is 0 Å². The normalized spacial score (nSPS) is 10.4. The minimum absolute atomic E-state index is 0.268. The molecule has 1 heterocycles. The summed E-state index contributed by atoms with van der Waals surface area (Å²) < 4.78 is 18.5. The Bertz CT molecular complexity index is 842. The lowest BCUT2D eigenvalue weighted by molar-refractivity contribution is 0.415. The van der Waals surface area contributed by atoms with Crippen LogP contribution >= 0.6 is 11.6 Å². The lowest BCUT2D eigenvalue weighted by Gasteiger charge is -2.09. The Hall–Kier alpha value is -2.66. The van der Waals surface area contributed by atoms with Gasteiger partial charge in [0.05, 0.1) is 7.11 Å². The maximum absolute atomic E-state index is 13.4. The van der Waals surface area contributed by atoms with E-state index in [4.69, 9.17) is 16.3 Å². The largest absolute Gasteiger partial charge is 0.497 e. The third-order valence-corrected chi connectivity index (χ3v) is 3.31. The van der Waals surface area contributed by atoms with E-state index in [0.29, 0.717) is 17.2 Å². The van der Waals surface area contributed by atoms with Crippen LogP contribution in [0.15, 0.2) is 54.6 Å². The molecule has 0 saturated carbocycles. The van der Waals surface area contributed by atoms with Crippen molar-refractivity contribution in [3.05, 3.63) is 65.6 Å². The number of hydrogen-bond donors (Lipinski definition) is 1. The standard InChI is InChI=1S/C17H13ClFN3O/c1-23-14-7-3-6-13(9-14)20-16-10-15(18)21-17(22-16)11-4-2-5-12(19)8-11/h2-10H,1H3,(H,20,21,22). The summed E-state index contributed by atoms with van der Waals surface area (Å²) in [5, 5.41) is 3.40. The lowest BCUT2D eigenvalue weighted by atomic mass is 10.2. The van der Waals surface area contributed by atoms with E-state index < -0.39 is 0 Å². The van der Waals surface area contributed by atoms with Crippen molar-refractivity contribution < 1.29 is 9.13 Å². The summed E-state index contributed by atoms with van der Waals surface area (Å²) in [5.74, 6) is 1.23. The Morgan fingerprint density at radius 3 is 2.65 bits per heavy atom. The van der Waals surface area contributed by atoms with Crippen LogP contribution in [0.25, 0.3) is 11.4 Å².